The van der Waals surface area contributed by atoms with Crippen LogP contribution in [0.1, 0.15) is 12.8 Å². The van der Waals surface area contributed by atoms with Gasteiger partial charge in [-0.1, -0.05) is 0 Å². The highest BCUT2D eigenvalue weighted by Crippen LogP contribution is 2.11. The van der Waals surface area contributed by atoms with Crippen molar-refractivity contribution in [3.05, 3.63) is 24.3 Å². The van der Waals surface area contributed by atoms with Crippen LogP contribution in [0, 0.1) is 5.95 Å². The molecule has 0 amide bonds. The van der Waals surface area contributed by atoms with E-state index in [4.69, 9.17) is 4.74 Å². The van der Waals surface area contributed by atoms with Crippen LogP contribution in [-0.4, -0.2) is 36.1 Å². The predicted molar refractivity (Wildman–Crippen MR) is 55.4 cm³/mol. The van der Waals surface area contributed by atoms with Crippen LogP contribution >= 0.6 is 0 Å². The largest absolute Gasteiger partial charge is 0.492 e. The first kappa shape index (κ1) is 10.4. The number of halogens is 1. The minimum absolute atomic E-state index is 0.492. The van der Waals surface area contributed by atoms with Crippen molar-refractivity contribution in [1.29, 1.82) is 0 Å². The molecule has 0 aliphatic carbocycles. The van der Waals surface area contributed by atoms with Crippen LogP contribution < -0.4 is 4.74 Å². The Balaban J connectivity index is 1.73. The summed E-state index contributed by atoms with van der Waals surface area (Å²) in [4.78, 5) is 5.83. The first-order chi connectivity index (χ1) is 7.34. The molecule has 1 aliphatic rings. The van der Waals surface area contributed by atoms with Crippen LogP contribution in [0.25, 0.3) is 0 Å². The van der Waals surface area contributed by atoms with Gasteiger partial charge < -0.3 is 4.74 Å². The van der Waals surface area contributed by atoms with Gasteiger partial charge in [-0.3, -0.25) is 4.90 Å². The van der Waals surface area contributed by atoms with E-state index in [0.29, 0.717) is 12.4 Å². The molecule has 82 valence electrons. The maximum absolute atomic E-state index is 12.7. The normalized spacial score (nSPS) is 16.9. The van der Waals surface area contributed by atoms with E-state index in [1.807, 2.05) is 0 Å². The summed E-state index contributed by atoms with van der Waals surface area (Å²) in [5.41, 5.74) is 0. The van der Waals surface area contributed by atoms with Gasteiger partial charge >= 0.3 is 0 Å². The lowest BCUT2D eigenvalue weighted by Gasteiger charge is -2.14. The van der Waals surface area contributed by atoms with E-state index in [2.05, 4.69) is 9.88 Å². The SMILES string of the molecule is Fc1cc(OCCN2CCCC2)ccn1. The predicted octanol–water partition coefficient (Wildman–Crippen LogP) is 1.70. The summed E-state index contributed by atoms with van der Waals surface area (Å²) in [6, 6.07) is 2.98. The monoisotopic (exact) mass is 210 g/mol. The van der Waals surface area contributed by atoms with Crippen molar-refractivity contribution in [2.75, 3.05) is 26.2 Å². The number of ether oxygens (including phenoxy) is 1. The first-order valence-corrected chi connectivity index (χ1v) is 5.31. The van der Waals surface area contributed by atoms with E-state index in [-0.39, 0.29) is 0 Å². The van der Waals surface area contributed by atoms with Crippen molar-refractivity contribution in [1.82, 2.24) is 9.88 Å². The number of hydrogen-bond acceptors (Lipinski definition) is 3. The highest BCUT2D eigenvalue weighted by molar-refractivity contribution is 5.17. The van der Waals surface area contributed by atoms with Gasteiger partial charge in [-0.25, -0.2) is 4.98 Å². The molecule has 2 heterocycles. The highest BCUT2D eigenvalue weighted by Gasteiger charge is 2.10. The molecule has 0 saturated carbocycles. The van der Waals surface area contributed by atoms with Gasteiger partial charge in [-0.2, -0.15) is 4.39 Å². The van der Waals surface area contributed by atoms with Gasteiger partial charge in [0.15, 0.2) is 0 Å². The molecule has 0 unspecified atom stereocenters. The molecule has 0 spiro atoms. The number of aromatic nitrogens is 1. The van der Waals surface area contributed by atoms with Crippen molar-refractivity contribution in [3.63, 3.8) is 0 Å². The third kappa shape index (κ3) is 3.16. The van der Waals surface area contributed by atoms with Crippen LogP contribution in [0.4, 0.5) is 4.39 Å². The summed E-state index contributed by atoms with van der Waals surface area (Å²) >= 11 is 0. The zero-order valence-electron chi connectivity index (χ0n) is 8.66. The topological polar surface area (TPSA) is 25.4 Å². The molecule has 1 aliphatic heterocycles. The van der Waals surface area contributed by atoms with Crippen molar-refractivity contribution >= 4 is 0 Å². The standard InChI is InChI=1S/C11H15FN2O/c12-11-9-10(3-4-13-11)15-8-7-14-5-1-2-6-14/h3-4,9H,1-2,5-8H2. The zero-order valence-corrected chi connectivity index (χ0v) is 8.66. The van der Waals surface area contributed by atoms with Gasteiger partial charge in [0.25, 0.3) is 0 Å². The van der Waals surface area contributed by atoms with Gasteiger partial charge in [0.05, 0.1) is 0 Å². The Kier molecular flexibility index (Phi) is 3.50. The number of nitrogens with zero attached hydrogens (tertiary/aromatic N) is 2. The first-order valence-electron chi connectivity index (χ1n) is 5.31. The second-order valence-electron chi connectivity index (χ2n) is 3.71. The smallest absolute Gasteiger partial charge is 0.216 e. The molecule has 1 saturated heterocycles. The van der Waals surface area contributed by atoms with Crippen molar-refractivity contribution < 1.29 is 9.13 Å². The Morgan fingerprint density at radius 1 is 1.40 bits per heavy atom. The van der Waals surface area contributed by atoms with E-state index in [1.54, 1.807) is 6.07 Å². The van der Waals surface area contributed by atoms with Crippen LogP contribution in [-0.2, 0) is 0 Å². The fourth-order valence-electron chi connectivity index (χ4n) is 1.77. The molecule has 0 bridgehead atoms. The minimum Gasteiger partial charge on any atom is -0.492 e. The van der Waals surface area contributed by atoms with Crippen LogP contribution in [0.2, 0.25) is 0 Å². The molecule has 2 rings (SSSR count). The van der Waals surface area contributed by atoms with Crippen LogP contribution in [0.15, 0.2) is 18.3 Å². The number of hydrogen-bond donors (Lipinski definition) is 0. The fraction of sp³-hybridized carbons (Fsp3) is 0.545. The average molecular weight is 210 g/mol. The average Bonchev–Trinajstić information content (AvgIpc) is 2.71. The summed E-state index contributed by atoms with van der Waals surface area (Å²) in [6.45, 7) is 3.86. The van der Waals surface area contributed by atoms with Crippen LogP contribution in [0.3, 0.4) is 0 Å². The van der Waals surface area contributed by atoms with Gasteiger partial charge in [0.2, 0.25) is 5.95 Å². The summed E-state index contributed by atoms with van der Waals surface area (Å²) in [6.07, 6.45) is 3.98. The van der Waals surface area contributed by atoms with Crippen molar-refractivity contribution in [2.24, 2.45) is 0 Å². The Morgan fingerprint density at radius 2 is 2.20 bits per heavy atom. The molecule has 4 heteroatoms. The molecule has 0 N–H and O–H groups in total. The van der Waals surface area contributed by atoms with Gasteiger partial charge in [-0.05, 0) is 32.0 Å². The quantitative estimate of drug-likeness (QED) is 0.707. The second kappa shape index (κ2) is 5.07. The van der Waals surface area contributed by atoms with Gasteiger partial charge in [-0.15, -0.1) is 0 Å². The zero-order chi connectivity index (χ0) is 10.5. The fourth-order valence-corrected chi connectivity index (χ4v) is 1.77. The lowest BCUT2D eigenvalue weighted by atomic mass is 10.4. The highest BCUT2D eigenvalue weighted by atomic mass is 19.1. The summed E-state index contributed by atoms with van der Waals surface area (Å²) in [5.74, 6) is 0.0652. The van der Waals surface area contributed by atoms with Gasteiger partial charge in [0, 0.05) is 18.8 Å². The third-order valence-electron chi connectivity index (χ3n) is 2.57. The van der Waals surface area contributed by atoms with E-state index >= 15 is 0 Å². The minimum atomic E-state index is -0.492. The number of likely N-dealkylation sites (tertiary alicyclic amines) is 1. The summed E-state index contributed by atoms with van der Waals surface area (Å²) < 4.78 is 18.1. The lowest BCUT2D eigenvalue weighted by molar-refractivity contribution is 0.237. The van der Waals surface area contributed by atoms with E-state index in [1.165, 1.54) is 25.1 Å². The molecule has 0 radical (unpaired) electrons. The van der Waals surface area contributed by atoms with Gasteiger partial charge in [0.1, 0.15) is 12.4 Å². The molecule has 3 nitrogen and oxygen atoms in total. The Labute approximate surface area is 88.9 Å². The Morgan fingerprint density at radius 3 is 2.93 bits per heavy atom. The van der Waals surface area contributed by atoms with Crippen molar-refractivity contribution in [2.45, 2.75) is 12.8 Å². The molecule has 0 atom stereocenters. The molecular weight excluding hydrogens is 195 g/mol. The maximum Gasteiger partial charge on any atom is 0.216 e. The Hall–Kier alpha value is -1.16. The Bertz CT molecular complexity index is 313. The summed E-state index contributed by atoms with van der Waals surface area (Å²) in [7, 11) is 0. The molecule has 15 heavy (non-hydrogen) atoms. The van der Waals surface area contributed by atoms with E-state index in [0.717, 1.165) is 19.6 Å². The number of pyridine rings is 1. The number of rotatable bonds is 4. The summed E-state index contributed by atoms with van der Waals surface area (Å²) in [5, 5.41) is 0. The molecule has 0 aromatic carbocycles. The van der Waals surface area contributed by atoms with E-state index < -0.39 is 5.95 Å². The molecule has 1 aromatic heterocycles. The molecular formula is C11H15FN2O. The molecule has 1 aromatic rings. The second-order valence-corrected chi connectivity index (χ2v) is 3.71. The van der Waals surface area contributed by atoms with Crippen molar-refractivity contribution in [3.8, 4) is 5.75 Å². The van der Waals surface area contributed by atoms with E-state index in [9.17, 15) is 4.39 Å². The lowest BCUT2D eigenvalue weighted by Crippen LogP contribution is -2.25. The third-order valence-corrected chi connectivity index (χ3v) is 2.57. The van der Waals surface area contributed by atoms with Crippen LogP contribution in [0.5, 0.6) is 5.75 Å². The molecule has 1 fully saturated rings. The maximum atomic E-state index is 12.7.